The standard InChI is InChI=1S/C8H8ClN3O2S/c1-11-15(13,14)12-8-4-7(9)3-2-6(8)5-10/h2-4,11-12H,1H3. The van der Waals surface area contributed by atoms with Crippen LogP contribution in [-0.4, -0.2) is 15.5 Å². The summed E-state index contributed by atoms with van der Waals surface area (Å²) in [6.45, 7) is 0. The quantitative estimate of drug-likeness (QED) is 0.836. The predicted octanol–water partition coefficient (Wildman–Crippen LogP) is 1.09. The number of hydrogen-bond donors (Lipinski definition) is 2. The normalized spacial score (nSPS) is 10.7. The van der Waals surface area contributed by atoms with Gasteiger partial charge in [0.15, 0.2) is 0 Å². The summed E-state index contributed by atoms with van der Waals surface area (Å²) in [5.41, 5.74) is 0.359. The fourth-order valence-electron chi connectivity index (χ4n) is 0.894. The molecule has 0 unspecified atom stereocenters. The summed E-state index contributed by atoms with van der Waals surface area (Å²) in [6.07, 6.45) is 0. The Morgan fingerprint density at radius 1 is 1.47 bits per heavy atom. The van der Waals surface area contributed by atoms with Crippen molar-refractivity contribution in [1.29, 1.82) is 5.26 Å². The van der Waals surface area contributed by atoms with E-state index in [1.54, 1.807) is 0 Å². The summed E-state index contributed by atoms with van der Waals surface area (Å²) in [4.78, 5) is 0. The van der Waals surface area contributed by atoms with E-state index in [0.717, 1.165) is 0 Å². The van der Waals surface area contributed by atoms with E-state index in [0.29, 0.717) is 5.02 Å². The molecular formula is C8H8ClN3O2S. The molecule has 0 heterocycles. The van der Waals surface area contributed by atoms with Gasteiger partial charge in [0.2, 0.25) is 0 Å². The lowest BCUT2D eigenvalue weighted by molar-refractivity contribution is 0.593. The fourth-order valence-corrected chi connectivity index (χ4v) is 1.63. The van der Waals surface area contributed by atoms with Gasteiger partial charge in [-0.2, -0.15) is 13.7 Å². The highest BCUT2D eigenvalue weighted by Crippen LogP contribution is 2.20. The zero-order valence-corrected chi connectivity index (χ0v) is 9.35. The third kappa shape index (κ3) is 3.09. The molecule has 0 saturated heterocycles. The second-order valence-electron chi connectivity index (χ2n) is 2.61. The summed E-state index contributed by atoms with van der Waals surface area (Å²) in [6, 6.07) is 6.18. The first-order valence-electron chi connectivity index (χ1n) is 3.89. The number of hydrogen-bond acceptors (Lipinski definition) is 3. The van der Waals surface area contributed by atoms with Gasteiger partial charge in [0, 0.05) is 12.1 Å². The van der Waals surface area contributed by atoms with Crippen molar-refractivity contribution >= 4 is 27.5 Å². The van der Waals surface area contributed by atoms with E-state index in [2.05, 4.69) is 9.44 Å². The van der Waals surface area contributed by atoms with Gasteiger partial charge in [-0.3, -0.25) is 4.72 Å². The van der Waals surface area contributed by atoms with Gasteiger partial charge in [-0.1, -0.05) is 11.6 Å². The highest BCUT2D eigenvalue weighted by Gasteiger charge is 2.10. The van der Waals surface area contributed by atoms with Crippen LogP contribution in [0.25, 0.3) is 0 Å². The molecule has 0 bridgehead atoms. The minimum absolute atomic E-state index is 0.152. The van der Waals surface area contributed by atoms with Crippen LogP contribution in [0.2, 0.25) is 5.02 Å². The Morgan fingerprint density at radius 3 is 2.67 bits per heavy atom. The molecule has 0 amide bonds. The van der Waals surface area contributed by atoms with Gasteiger partial charge in [-0.15, -0.1) is 0 Å². The largest absolute Gasteiger partial charge is 0.298 e. The SMILES string of the molecule is CNS(=O)(=O)Nc1cc(Cl)ccc1C#N. The first kappa shape index (κ1) is 11.8. The monoisotopic (exact) mass is 245 g/mol. The van der Waals surface area contributed by atoms with Gasteiger partial charge in [0.25, 0.3) is 10.2 Å². The van der Waals surface area contributed by atoms with Crippen molar-refractivity contribution < 1.29 is 8.42 Å². The lowest BCUT2D eigenvalue weighted by Crippen LogP contribution is -2.26. The minimum Gasteiger partial charge on any atom is -0.270 e. The van der Waals surface area contributed by atoms with Crippen molar-refractivity contribution in [1.82, 2.24) is 4.72 Å². The van der Waals surface area contributed by atoms with Gasteiger partial charge in [0.05, 0.1) is 11.3 Å². The van der Waals surface area contributed by atoms with Crippen LogP contribution in [0.4, 0.5) is 5.69 Å². The molecule has 5 nitrogen and oxygen atoms in total. The van der Waals surface area contributed by atoms with E-state index in [9.17, 15) is 8.42 Å². The van der Waals surface area contributed by atoms with Crippen molar-refractivity contribution in [3.05, 3.63) is 28.8 Å². The van der Waals surface area contributed by atoms with Crippen LogP contribution in [-0.2, 0) is 10.2 Å². The second kappa shape index (κ2) is 4.49. The molecule has 1 aromatic rings. The average molecular weight is 246 g/mol. The average Bonchev–Trinajstić information content (AvgIpc) is 2.18. The van der Waals surface area contributed by atoms with Crippen molar-refractivity contribution in [3.8, 4) is 6.07 Å². The molecule has 0 saturated carbocycles. The number of nitrogens with zero attached hydrogens (tertiary/aromatic N) is 1. The molecule has 7 heteroatoms. The first-order valence-corrected chi connectivity index (χ1v) is 5.75. The van der Waals surface area contributed by atoms with Gasteiger partial charge in [0.1, 0.15) is 6.07 Å². The molecule has 0 radical (unpaired) electrons. The van der Waals surface area contributed by atoms with Gasteiger partial charge < -0.3 is 0 Å². The van der Waals surface area contributed by atoms with Crippen LogP contribution in [0, 0.1) is 11.3 Å². The summed E-state index contributed by atoms with van der Waals surface area (Å²) in [5, 5.41) is 9.08. The van der Waals surface area contributed by atoms with Crippen LogP contribution in [0.3, 0.4) is 0 Å². The number of halogens is 1. The summed E-state index contributed by atoms with van der Waals surface area (Å²) >= 11 is 5.68. The molecule has 0 aliphatic carbocycles. The number of nitriles is 1. The molecule has 80 valence electrons. The molecule has 0 atom stereocenters. The van der Waals surface area contributed by atoms with E-state index in [1.165, 1.54) is 25.2 Å². The number of anilines is 1. The summed E-state index contributed by atoms with van der Waals surface area (Å²) in [5.74, 6) is 0. The van der Waals surface area contributed by atoms with Crippen LogP contribution in [0.5, 0.6) is 0 Å². The van der Waals surface area contributed by atoms with Crippen molar-refractivity contribution in [2.75, 3.05) is 11.8 Å². The van der Waals surface area contributed by atoms with Gasteiger partial charge in [-0.05, 0) is 18.2 Å². The second-order valence-corrected chi connectivity index (χ2v) is 4.67. The zero-order chi connectivity index (χ0) is 11.5. The molecule has 1 rings (SSSR count). The first-order chi connectivity index (χ1) is 6.98. The Hall–Kier alpha value is -1.29. The van der Waals surface area contributed by atoms with Gasteiger partial charge >= 0.3 is 0 Å². The molecular weight excluding hydrogens is 238 g/mol. The summed E-state index contributed by atoms with van der Waals surface area (Å²) < 4.78 is 26.6. The fraction of sp³-hybridized carbons (Fsp3) is 0.125. The topological polar surface area (TPSA) is 82.0 Å². The van der Waals surface area contributed by atoms with Crippen molar-refractivity contribution in [2.24, 2.45) is 0 Å². The lowest BCUT2D eigenvalue weighted by atomic mass is 10.2. The van der Waals surface area contributed by atoms with Crippen LogP contribution in [0.1, 0.15) is 5.56 Å². The van der Waals surface area contributed by atoms with Crippen molar-refractivity contribution in [2.45, 2.75) is 0 Å². The third-order valence-corrected chi connectivity index (χ3v) is 2.88. The van der Waals surface area contributed by atoms with Crippen LogP contribution < -0.4 is 9.44 Å². The Kier molecular flexibility index (Phi) is 3.52. The smallest absolute Gasteiger partial charge is 0.270 e. The zero-order valence-electron chi connectivity index (χ0n) is 7.78. The number of nitrogens with one attached hydrogen (secondary N) is 2. The molecule has 0 spiro atoms. The van der Waals surface area contributed by atoms with E-state index < -0.39 is 10.2 Å². The lowest BCUT2D eigenvalue weighted by Gasteiger charge is -2.07. The molecule has 0 fully saturated rings. The maximum atomic E-state index is 11.2. The minimum atomic E-state index is -3.63. The van der Waals surface area contributed by atoms with Crippen LogP contribution >= 0.6 is 11.6 Å². The predicted molar refractivity (Wildman–Crippen MR) is 57.8 cm³/mol. The molecule has 2 N–H and O–H groups in total. The summed E-state index contributed by atoms with van der Waals surface area (Å²) in [7, 11) is -2.37. The Balaban J connectivity index is 3.15. The van der Waals surface area contributed by atoms with E-state index in [4.69, 9.17) is 16.9 Å². The Labute approximate surface area is 92.9 Å². The van der Waals surface area contributed by atoms with E-state index in [1.807, 2.05) is 6.07 Å². The maximum Gasteiger partial charge on any atom is 0.298 e. The Bertz CT molecular complexity index is 507. The molecule has 0 aliphatic heterocycles. The van der Waals surface area contributed by atoms with Crippen molar-refractivity contribution in [3.63, 3.8) is 0 Å². The van der Waals surface area contributed by atoms with E-state index >= 15 is 0 Å². The number of benzene rings is 1. The Morgan fingerprint density at radius 2 is 2.13 bits per heavy atom. The number of rotatable bonds is 3. The molecule has 0 aromatic heterocycles. The van der Waals surface area contributed by atoms with E-state index in [-0.39, 0.29) is 11.3 Å². The maximum absolute atomic E-state index is 11.2. The highest BCUT2D eigenvalue weighted by molar-refractivity contribution is 7.90. The molecule has 15 heavy (non-hydrogen) atoms. The third-order valence-electron chi connectivity index (χ3n) is 1.62. The van der Waals surface area contributed by atoms with Crippen LogP contribution in [0.15, 0.2) is 18.2 Å². The molecule has 1 aromatic carbocycles. The van der Waals surface area contributed by atoms with Gasteiger partial charge in [-0.25, -0.2) is 4.72 Å². The highest BCUT2D eigenvalue weighted by atomic mass is 35.5. The molecule has 0 aliphatic rings.